The van der Waals surface area contributed by atoms with Crippen molar-refractivity contribution >= 4 is 11.8 Å². The third-order valence-electron chi connectivity index (χ3n) is 5.46. The van der Waals surface area contributed by atoms with Gasteiger partial charge in [-0.25, -0.2) is 0 Å². The monoisotopic (exact) mass is 410 g/mol. The Hall–Kier alpha value is -3.02. The third-order valence-corrected chi connectivity index (χ3v) is 5.46. The lowest BCUT2D eigenvalue weighted by Crippen LogP contribution is -2.49. The maximum Gasteiger partial charge on any atom is 0.263 e. The molecule has 2 aromatic carbocycles. The lowest BCUT2D eigenvalue weighted by molar-refractivity contribution is -0.139. The maximum absolute atomic E-state index is 12.8. The van der Waals surface area contributed by atoms with E-state index in [2.05, 4.69) is 19.2 Å². The van der Waals surface area contributed by atoms with E-state index in [1.54, 1.807) is 24.0 Å². The van der Waals surface area contributed by atoms with Crippen LogP contribution in [-0.4, -0.2) is 47.1 Å². The van der Waals surface area contributed by atoms with Crippen LogP contribution >= 0.6 is 0 Å². The number of rotatable bonds is 6. The van der Waals surface area contributed by atoms with E-state index in [1.165, 1.54) is 17.7 Å². The van der Waals surface area contributed by atoms with Gasteiger partial charge in [0.15, 0.2) is 6.10 Å². The molecule has 3 rings (SSSR count). The van der Waals surface area contributed by atoms with Crippen LogP contribution in [0, 0.1) is 0 Å². The summed E-state index contributed by atoms with van der Waals surface area (Å²) in [5, 5.41) is 12.5. The van der Waals surface area contributed by atoms with E-state index in [-0.39, 0.29) is 23.6 Å². The normalized spacial score (nSPS) is 15.7. The van der Waals surface area contributed by atoms with Gasteiger partial charge in [0.2, 0.25) is 0 Å². The van der Waals surface area contributed by atoms with Gasteiger partial charge in [-0.15, -0.1) is 0 Å². The van der Waals surface area contributed by atoms with Gasteiger partial charge in [-0.3, -0.25) is 9.59 Å². The van der Waals surface area contributed by atoms with Crippen LogP contribution in [0.5, 0.6) is 11.5 Å². The number of aromatic hydroxyl groups is 1. The molecule has 0 aromatic heterocycles. The fourth-order valence-corrected chi connectivity index (χ4v) is 3.60. The Kier molecular flexibility index (Phi) is 6.98. The Balaban J connectivity index is 1.47. The second kappa shape index (κ2) is 9.65. The zero-order valence-corrected chi connectivity index (χ0v) is 17.8. The average molecular weight is 411 g/mol. The van der Waals surface area contributed by atoms with Crippen molar-refractivity contribution in [1.29, 1.82) is 0 Å². The number of carbonyl (C=O) groups is 2. The first-order valence-corrected chi connectivity index (χ1v) is 10.5. The van der Waals surface area contributed by atoms with Crippen molar-refractivity contribution in [3.63, 3.8) is 0 Å². The van der Waals surface area contributed by atoms with Gasteiger partial charge >= 0.3 is 0 Å². The minimum atomic E-state index is -0.562. The predicted octanol–water partition coefficient (Wildman–Crippen LogP) is 3.70. The number of piperidine rings is 1. The minimum absolute atomic E-state index is 0.00343. The molecule has 6 nitrogen and oxygen atoms in total. The van der Waals surface area contributed by atoms with Gasteiger partial charge in [0, 0.05) is 24.7 Å². The highest BCUT2D eigenvalue weighted by Gasteiger charge is 2.28. The highest BCUT2D eigenvalue weighted by molar-refractivity contribution is 5.94. The van der Waals surface area contributed by atoms with Gasteiger partial charge in [0.05, 0.1) is 0 Å². The molecule has 1 aliphatic rings. The van der Waals surface area contributed by atoms with Crippen LogP contribution in [0.1, 0.15) is 55.5 Å². The smallest absolute Gasteiger partial charge is 0.263 e. The lowest BCUT2D eigenvalue weighted by atomic mass is 10.0. The number of hydrogen-bond acceptors (Lipinski definition) is 4. The molecule has 0 bridgehead atoms. The van der Waals surface area contributed by atoms with Crippen molar-refractivity contribution in [3.8, 4) is 11.5 Å². The van der Waals surface area contributed by atoms with Gasteiger partial charge in [-0.1, -0.05) is 32.0 Å². The summed E-state index contributed by atoms with van der Waals surface area (Å²) in [5.74, 6) is 0.954. The van der Waals surface area contributed by atoms with Gasteiger partial charge in [-0.2, -0.15) is 0 Å². The van der Waals surface area contributed by atoms with Crippen molar-refractivity contribution in [3.05, 3.63) is 59.7 Å². The zero-order valence-electron chi connectivity index (χ0n) is 17.8. The van der Waals surface area contributed by atoms with E-state index in [0.29, 0.717) is 43.2 Å². The molecule has 30 heavy (non-hydrogen) atoms. The molecule has 160 valence electrons. The Morgan fingerprint density at radius 3 is 2.33 bits per heavy atom. The van der Waals surface area contributed by atoms with Crippen LogP contribution in [-0.2, 0) is 4.79 Å². The van der Waals surface area contributed by atoms with Crippen LogP contribution in [0.4, 0.5) is 0 Å². The molecule has 1 heterocycles. The molecule has 1 unspecified atom stereocenters. The molecule has 6 heteroatoms. The summed E-state index contributed by atoms with van der Waals surface area (Å²) in [6.45, 7) is 7.19. The third kappa shape index (κ3) is 5.53. The highest BCUT2D eigenvalue weighted by Crippen LogP contribution is 2.21. The van der Waals surface area contributed by atoms with Crippen LogP contribution < -0.4 is 10.1 Å². The summed E-state index contributed by atoms with van der Waals surface area (Å²) in [4.78, 5) is 26.9. The summed E-state index contributed by atoms with van der Waals surface area (Å²) in [5.41, 5.74) is 1.66. The molecule has 1 aliphatic heterocycles. The first kappa shape index (κ1) is 21.7. The zero-order chi connectivity index (χ0) is 21.7. The van der Waals surface area contributed by atoms with E-state index in [1.807, 2.05) is 24.3 Å². The van der Waals surface area contributed by atoms with Crippen LogP contribution in [0.2, 0.25) is 0 Å². The summed E-state index contributed by atoms with van der Waals surface area (Å²) in [7, 11) is 0. The number of benzene rings is 2. The Bertz CT molecular complexity index is 871. The second-order valence-corrected chi connectivity index (χ2v) is 8.11. The molecule has 2 N–H and O–H groups in total. The van der Waals surface area contributed by atoms with Crippen molar-refractivity contribution in [2.75, 3.05) is 13.1 Å². The molecule has 0 aliphatic carbocycles. The van der Waals surface area contributed by atoms with Crippen LogP contribution in [0.3, 0.4) is 0 Å². The van der Waals surface area contributed by atoms with E-state index in [0.717, 1.165) is 0 Å². The summed E-state index contributed by atoms with van der Waals surface area (Å²) >= 11 is 0. The molecule has 1 atom stereocenters. The number of nitrogens with one attached hydrogen (secondary N) is 1. The van der Waals surface area contributed by atoms with Crippen molar-refractivity contribution in [2.45, 2.75) is 51.7 Å². The molecule has 2 aromatic rings. The highest BCUT2D eigenvalue weighted by atomic mass is 16.5. The molecule has 0 radical (unpaired) electrons. The number of likely N-dealkylation sites (tertiary alicyclic amines) is 1. The number of phenolic OH excluding ortho intramolecular Hbond substituents is 1. The van der Waals surface area contributed by atoms with E-state index < -0.39 is 6.10 Å². The number of ether oxygens (including phenoxy) is 1. The number of amides is 2. The van der Waals surface area contributed by atoms with Crippen molar-refractivity contribution < 1.29 is 19.4 Å². The predicted molar refractivity (Wildman–Crippen MR) is 116 cm³/mol. The SMILES string of the molecule is CC(Oc1ccc(C(C)C)cc1)C(=O)N1CCC(NC(=O)c2cccc(O)c2)CC1. The molecule has 1 saturated heterocycles. The quantitative estimate of drug-likeness (QED) is 0.761. The van der Waals surface area contributed by atoms with Crippen LogP contribution in [0.25, 0.3) is 0 Å². The number of hydrogen-bond donors (Lipinski definition) is 2. The summed E-state index contributed by atoms with van der Waals surface area (Å²) in [6, 6.07) is 14.1. The first-order valence-electron chi connectivity index (χ1n) is 10.5. The molecular weight excluding hydrogens is 380 g/mol. The van der Waals surface area contributed by atoms with E-state index in [4.69, 9.17) is 4.74 Å². The topological polar surface area (TPSA) is 78.9 Å². The lowest BCUT2D eigenvalue weighted by Gasteiger charge is -2.33. The van der Waals surface area contributed by atoms with Crippen molar-refractivity contribution in [2.24, 2.45) is 0 Å². The molecule has 1 fully saturated rings. The van der Waals surface area contributed by atoms with E-state index >= 15 is 0 Å². The molecular formula is C24H30N2O4. The molecule has 0 saturated carbocycles. The Labute approximate surface area is 177 Å². The summed E-state index contributed by atoms with van der Waals surface area (Å²) in [6.07, 6.45) is 0.811. The Morgan fingerprint density at radius 1 is 1.07 bits per heavy atom. The fourth-order valence-electron chi connectivity index (χ4n) is 3.60. The van der Waals surface area contributed by atoms with Crippen molar-refractivity contribution in [1.82, 2.24) is 10.2 Å². The molecule has 0 spiro atoms. The number of carbonyl (C=O) groups excluding carboxylic acids is 2. The fraction of sp³-hybridized carbons (Fsp3) is 0.417. The number of phenols is 1. The first-order chi connectivity index (χ1) is 14.3. The van der Waals surface area contributed by atoms with Crippen LogP contribution in [0.15, 0.2) is 48.5 Å². The summed E-state index contributed by atoms with van der Waals surface area (Å²) < 4.78 is 5.84. The average Bonchev–Trinajstić information content (AvgIpc) is 2.74. The van der Waals surface area contributed by atoms with Gasteiger partial charge in [0.1, 0.15) is 11.5 Å². The minimum Gasteiger partial charge on any atom is -0.508 e. The molecule has 2 amide bonds. The Morgan fingerprint density at radius 2 is 1.73 bits per heavy atom. The second-order valence-electron chi connectivity index (χ2n) is 8.11. The maximum atomic E-state index is 12.8. The number of nitrogens with zero attached hydrogens (tertiary/aromatic N) is 1. The van der Waals surface area contributed by atoms with Gasteiger partial charge in [-0.05, 0) is 61.6 Å². The standard InChI is InChI=1S/C24H30N2O4/c1-16(2)18-7-9-22(10-8-18)30-17(3)24(29)26-13-11-20(12-14-26)25-23(28)19-5-4-6-21(27)15-19/h4-10,15-17,20,27H,11-14H2,1-3H3,(H,25,28). The van der Waals surface area contributed by atoms with Gasteiger partial charge < -0.3 is 20.1 Å². The van der Waals surface area contributed by atoms with Gasteiger partial charge in [0.25, 0.3) is 11.8 Å². The largest absolute Gasteiger partial charge is 0.508 e. The van der Waals surface area contributed by atoms with E-state index in [9.17, 15) is 14.7 Å².